The molecule has 0 atom stereocenters. The summed E-state index contributed by atoms with van der Waals surface area (Å²) in [6.45, 7) is 0. The molecule has 0 aliphatic rings. The maximum absolute atomic E-state index is 11.4. The van der Waals surface area contributed by atoms with Crippen LogP contribution in [0.5, 0.6) is 0 Å². The first kappa shape index (κ1) is 52.1. The molecule has 0 saturated carbocycles. The summed E-state index contributed by atoms with van der Waals surface area (Å²) in [4.78, 5) is 29.6. The second kappa shape index (κ2) is 18.1. The molecule has 0 aliphatic carbocycles. The van der Waals surface area contributed by atoms with Crippen LogP contribution in [0, 0.1) is 0 Å². The molecule has 0 unspecified atom stereocenters. The predicted molar refractivity (Wildman–Crippen MR) is 90.7 cm³/mol. The third-order valence-electron chi connectivity index (χ3n) is 2.51. The summed E-state index contributed by atoms with van der Waals surface area (Å²) in [6.07, 6.45) is -35.0. The molecule has 0 bridgehead atoms. The van der Waals surface area contributed by atoms with Gasteiger partial charge in [0.05, 0.1) is 0 Å². The Balaban J connectivity index is -0.000000112. The van der Waals surface area contributed by atoms with Crippen LogP contribution in [0.4, 0.5) is 79.0 Å². The quantitative estimate of drug-likeness (QED) is 0.214. The second-order valence-corrected chi connectivity index (χ2v) is 5.67. The zero-order valence-electron chi connectivity index (χ0n) is 18.7. The van der Waals surface area contributed by atoms with Crippen LogP contribution in [0.15, 0.2) is 35.5 Å². The number of ketones is 3. The molecule has 8 nitrogen and oxygen atoms in total. The van der Waals surface area contributed by atoms with Gasteiger partial charge in [-0.2, -0.15) is 79.0 Å². The minimum Gasteiger partial charge on any atom is -0.504 e. The van der Waals surface area contributed by atoms with Crippen molar-refractivity contribution >= 4 is 17.3 Å². The van der Waals surface area contributed by atoms with Gasteiger partial charge in [0.25, 0.3) is 17.3 Å². The molecule has 0 heterocycles. The number of aliphatic hydroxyl groups excluding tert-OH is 3. The number of hydrogen-bond donors (Lipinski definition) is 3. The van der Waals surface area contributed by atoms with Crippen LogP contribution in [0.1, 0.15) is 0 Å². The average molecular weight is 749 g/mol. The third kappa shape index (κ3) is 24.0. The summed E-state index contributed by atoms with van der Waals surface area (Å²) in [7, 11) is 0. The van der Waals surface area contributed by atoms with Crippen LogP contribution in [0.3, 0.4) is 0 Å². The first-order chi connectivity index (χ1) is 16.6. The van der Waals surface area contributed by atoms with E-state index >= 15 is 0 Å². The van der Waals surface area contributed by atoms with Gasteiger partial charge in [-0.25, -0.2) is 0 Å². The first-order valence-corrected chi connectivity index (χ1v) is 7.92. The number of rotatable bonds is 3. The van der Waals surface area contributed by atoms with E-state index in [0.717, 1.165) is 0 Å². The number of allylic oxidation sites excluding steroid dienone is 6. The molecule has 0 aromatic rings. The minimum absolute atomic E-state index is 0. The maximum Gasteiger partial charge on any atom is 0.454 e. The Labute approximate surface area is 242 Å². The van der Waals surface area contributed by atoms with Crippen LogP contribution >= 0.6 is 0 Å². The third-order valence-corrected chi connectivity index (χ3v) is 2.51. The normalized spacial score (nSPS) is 13.4. The molecule has 0 fully saturated rings. The van der Waals surface area contributed by atoms with Crippen LogP contribution in [0.25, 0.3) is 0 Å². The molecule has 0 aromatic carbocycles. The smallest absolute Gasteiger partial charge is 0.454 e. The van der Waals surface area contributed by atoms with Crippen LogP contribution in [-0.4, -0.2) is 80.7 Å². The minimum atomic E-state index is -5.42. The fourth-order valence-corrected chi connectivity index (χ4v) is 0.864. The van der Waals surface area contributed by atoms with Gasteiger partial charge in [-0.15, -0.1) is 0 Å². The van der Waals surface area contributed by atoms with Gasteiger partial charge in [-0.1, -0.05) is 0 Å². The molecule has 0 amide bonds. The summed E-state index contributed by atoms with van der Waals surface area (Å²) in [5.74, 6) is -16.0. The molecule has 42 heavy (non-hydrogen) atoms. The van der Waals surface area contributed by atoms with Crippen molar-refractivity contribution in [2.24, 2.45) is 0 Å². The molecule has 0 spiro atoms. The maximum atomic E-state index is 11.4. The average Bonchev–Trinajstić information content (AvgIpc) is 2.64. The summed E-state index contributed by atoms with van der Waals surface area (Å²) in [6, 6.07) is 0. The predicted octanol–water partition coefficient (Wildman–Crippen LogP) is 4.71. The van der Waals surface area contributed by atoms with Gasteiger partial charge in [0.2, 0.25) is 17.3 Å². The summed E-state index contributed by atoms with van der Waals surface area (Å²) < 4.78 is 204. The van der Waals surface area contributed by atoms with Gasteiger partial charge in [0, 0.05) is 50.9 Å². The molecular weight excluding hydrogens is 739 g/mol. The number of carbonyl (C=O) groups is 3. The van der Waals surface area contributed by atoms with E-state index in [1.165, 1.54) is 0 Å². The molecule has 0 rings (SSSR count). The van der Waals surface area contributed by atoms with Gasteiger partial charge in [0.1, 0.15) is 0 Å². The van der Waals surface area contributed by atoms with Crippen molar-refractivity contribution in [1.82, 2.24) is 0 Å². The summed E-state index contributed by atoms with van der Waals surface area (Å²) >= 11 is 0. The van der Waals surface area contributed by atoms with Gasteiger partial charge in [-0.05, 0) is 0 Å². The molecule has 0 aromatic heterocycles. The molecule has 0 aliphatic heterocycles. The number of aliphatic hydroxyl groups is 3. The molecule has 247 valence electrons. The number of alkyl halides is 18. The van der Waals surface area contributed by atoms with Crippen molar-refractivity contribution in [1.29, 1.82) is 0 Å². The van der Waals surface area contributed by atoms with Crippen LogP contribution in [0.2, 0.25) is 0 Å². The number of hydrogen-bond acceptors (Lipinski definition) is 6. The van der Waals surface area contributed by atoms with E-state index in [4.69, 9.17) is 15.3 Å². The second-order valence-electron chi connectivity index (χ2n) is 5.67. The number of halogens is 18. The van der Waals surface area contributed by atoms with E-state index in [9.17, 15) is 93.4 Å². The largest absolute Gasteiger partial charge is 0.504 e. The van der Waals surface area contributed by atoms with E-state index in [1.54, 1.807) is 0 Å². The van der Waals surface area contributed by atoms with E-state index < -0.39 is 89.9 Å². The van der Waals surface area contributed by atoms with Crippen molar-refractivity contribution in [3.05, 3.63) is 35.5 Å². The molecule has 1 radical (unpaired) electrons. The van der Waals surface area contributed by atoms with Crippen molar-refractivity contribution < 1.29 is 152 Å². The summed E-state index contributed by atoms with van der Waals surface area (Å²) in [5.41, 5.74) is 0. The van der Waals surface area contributed by atoms with Gasteiger partial charge in [-0.3, -0.25) is 14.4 Å². The van der Waals surface area contributed by atoms with Crippen LogP contribution < -0.4 is 0 Å². The SMILES string of the molecule is O.O.O=C(/C=C(/O)C(F)(F)F)C(F)(F)F.O=C(/C=C(/O)C(F)(F)F)C(F)(F)F.O=C(/C=C(/O)C(F)(F)F)C(F)(F)F.[Y]. The van der Waals surface area contributed by atoms with E-state index in [-0.39, 0.29) is 43.7 Å². The van der Waals surface area contributed by atoms with Gasteiger partial charge < -0.3 is 26.3 Å². The standard InChI is InChI=1S/3C5H2F6O2.2H2O.Y/c3*6-4(7,8)2(12)1-3(13)5(9,10)11;;;/h3*1,12H;2*1H2;/b3*2-1+;;;. The molecule has 7 N–H and O–H groups in total. The van der Waals surface area contributed by atoms with Crippen LogP contribution in [-0.2, 0) is 47.1 Å². The van der Waals surface area contributed by atoms with Crippen molar-refractivity contribution in [3.8, 4) is 0 Å². The van der Waals surface area contributed by atoms with Crippen molar-refractivity contribution in [3.63, 3.8) is 0 Å². The Morgan fingerprint density at radius 3 is 0.548 bits per heavy atom. The Bertz CT molecular complexity index is 839. The van der Waals surface area contributed by atoms with E-state index in [2.05, 4.69) is 0 Å². The van der Waals surface area contributed by atoms with Crippen molar-refractivity contribution in [2.75, 3.05) is 0 Å². The summed E-state index contributed by atoms with van der Waals surface area (Å²) in [5, 5.41) is 23.8. The van der Waals surface area contributed by atoms with E-state index in [0.29, 0.717) is 0 Å². The zero-order chi connectivity index (χ0) is 32.6. The van der Waals surface area contributed by atoms with Gasteiger partial charge in [0.15, 0.2) is 0 Å². The Morgan fingerprint density at radius 2 is 0.476 bits per heavy atom. The van der Waals surface area contributed by atoms with Crippen molar-refractivity contribution in [2.45, 2.75) is 37.1 Å². The topological polar surface area (TPSA) is 175 Å². The monoisotopic (exact) mass is 749 g/mol. The Hall–Kier alpha value is -2.61. The Kier molecular flexibility index (Phi) is 22.5. The zero-order valence-corrected chi connectivity index (χ0v) is 21.5. The van der Waals surface area contributed by atoms with Gasteiger partial charge >= 0.3 is 37.1 Å². The number of carbonyl (C=O) groups excluding carboxylic acids is 3. The molecular formula is C15H10F18O8Y. The fourth-order valence-electron chi connectivity index (χ4n) is 0.864. The molecule has 0 saturated heterocycles. The Morgan fingerprint density at radius 1 is 0.357 bits per heavy atom. The van der Waals surface area contributed by atoms with E-state index in [1.807, 2.05) is 0 Å². The molecule has 27 heteroatoms. The fraction of sp³-hybridized carbons (Fsp3) is 0.400. The first-order valence-electron chi connectivity index (χ1n) is 7.92.